The summed E-state index contributed by atoms with van der Waals surface area (Å²) >= 11 is 0. The molecule has 1 aliphatic carbocycles. The normalized spacial score (nSPS) is 17.7. The molecule has 2 rings (SSSR count). The number of amides is 1. The largest absolute Gasteiger partial charge is 0.507 e. The van der Waals surface area contributed by atoms with Crippen LogP contribution in [0.2, 0.25) is 0 Å². The van der Waals surface area contributed by atoms with Crippen molar-refractivity contribution in [2.24, 2.45) is 5.41 Å². The summed E-state index contributed by atoms with van der Waals surface area (Å²) in [5.74, 6) is -0.240. The molecule has 1 saturated carbocycles. The maximum atomic E-state index is 12.2. The van der Waals surface area contributed by atoms with E-state index in [4.69, 9.17) is 0 Å². The molecule has 110 valence electrons. The van der Waals surface area contributed by atoms with E-state index in [1.165, 1.54) is 6.42 Å². The van der Waals surface area contributed by atoms with E-state index >= 15 is 0 Å². The maximum Gasteiger partial charge on any atom is 0.255 e. The highest BCUT2D eigenvalue weighted by Crippen LogP contribution is 2.35. The summed E-state index contributed by atoms with van der Waals surface area (Å²) in [6.07, 6.45) is 5.31. The van der Waals surface area contributed by atoms with E-state index in [9.17, 15) is 15.0 Å². The van der Waals surface area contributed by atoms with Crippen molar-refractivity contribution in [2.45, 2.75) is 39.0 Å². The number of phenols is 1. The zero-order valence-corrected chi connectivity index (χ0v) is 12.0. The summed E-state index contributed by atoms with van der Waals surface area (Å²) in [5, 5.41) is 22.4. The Morgan fingerprint density at radius 3 is 2.65 bits per heavy atom. The van der Waals surface area contributed by atoms with Crippen molar-refractivity contribution in [1.29, 1.82) is 0 Å². The quantitative estimate of drug-likeness (QED) is 0.791. The van der Waals surface area contributed by atoms with Crippen LogP contribution >= 0.6 is 0 Å². The Balaban J connectivity index is 2.02. The third kappa shape index (κ3) is 3.12. The van der Waals surface area contributed by atoms with Crippen molar-refractivity contribution in [3.63, 3.8) is 0 Å². The molecule has 0 heterocycles. The minimum absolute atomic E-state index is 0.0340. The van der Waals surface area contributed by atoms with E-state index in [0.717, 1.165) is 25.7 Å². The van der Waals surface area contributed by atoms with Gasteiger partial charge in [-0.1, -0.05) is 31.4 Å². The van der Waals surface area contributed by atoms with Crippen LogP contribution in [0.15, 0.2) is 18.2 Å². The molecule has 0 unspecified atom stereocenters. The Morgan fingerprint density at radius 2 is 2.00 bits per heavy atom. The third-order valence-electron chi connectivity index (χ3n) is 4.36. The van der Waals surface area contributed by atoms with Crippen LogP contribution in [-0.2, 0) is 0 Å². The second-order valence-corrected chi connectivity index (χ2v) is 5.87. The summed E-state index contributed by atoms with van der Waals surface area (Å²) < 4.78 is 0. The van der Waals surface area contributed by atoms with Gasteiger partial charge in [-0.05, 0) is 31.4 Å². The molecule has 0 radical (unpaired) electrons. The number of aliphatic hydroxyl groups is 1. The number of carbonyl (C=O) groups is 1. The van der Waals surface area contributed by atoms with Gasteiger partial charge in [0.15, 0.2) is 0 Å². The molecule has 0 atom stereocenters. The number of phenolic OH excluding ortho intramolecular Hbond substituents is 1. The molecular formula is C16H23NO3. The zero-order chi connectivity index (χ0) is 14.6. The summed E-state index contributed by atoms with van der Waals surface area (Å²) in [4.78, 5) is 12.2. The average molecular weight is 277 g/mol. The monoisotopic (exact) mass is 277 g/mol. The lowest BCUT2D eigenvalue weighted by atomic mass is 9.74. The molecule has 4 heteroatoms. The highest BCUT2D eigenvalue weighted by atomic mass is 16.3. The number of aryl methyl sites for hydroxylation is 1. The summed E-state index contributed by atoms with van der Waals surface area (Å²) in [7, 11) is 0. The second-order valence-electron chi connectivity index (χ2n) is 5.87. The molecular weight excluding hydrogens is 254 g/mol. The van der Waals surface area contributed by atoms with Crippen LogP contribution in [0.1, 0.15) is 48.0 Å². The first-order valence-corrected chi connectivity index (χ1v) is 7.26. The number of aliphatic hydroxyl groups excluding tert-OH is 1. The number of rotatable bonds is 4. The first-order chi connectivity index (χ1) is 9.58. The molecule has 1 fully saturated rings. The van der Waals surface area contributed by atoms with Gasteiger partial charge in [0.05, 0.1) is 12.2 Å². The minimum Gasteiger partial charge on any atom is -0.507 e. The zero-order valence-electron chi connectivity index (χ0n) is 12.0. The van der Waals surface area contributed by atoms with Gasteiger partial charge in [0.1, 0.15) is 5.75 Å². The van der Waals surface area contributed by atoms with Crippen LogP contribution in [0.25, 0.3) is 0 Å². The van der Waals surface area contributed by atoms with Gasteiger partial charge in [-0.25, -0.2) is 0 Å². The highest BCUT2D eigenvalue weighted by Gasteiger charge is 2.32. The topological polar surface area (TPSA) is 69.6 Å². The SMILES string of the molecule is Cc1cccc(C(=O)NCC2(CO)CCCCC2)c1O. The van der Waals surface area contributed by atoms with Gasteiger partial charge in [0, 0.05) is 12.0 Å². The molecule has 0 bridgehead atoms. The molecule has 20 heavy (non-hydrogen) atoms. The van der Waals surface area contributed by atoms with Crippen LogP contribution in [0.3, 0.4) is 0 Å². The first-order valence-electron chi connectivity index (χ1n) is 7.26. The number of nitrogens with one attached hydrogen (secondary N) is 1. The van der Waals surface area contributed by atoms with Gasteiger partial charge in [0.25, 0.3) is 5.91 Å². The Hall–Kier alpha value is -1.55. The molecule has 0 saturated heterocycles. The Morgan fingerprint density at radius 1 is 1.30 bits per heavy atom. The van der Waals surface area contributed by atoms with Gasteiger partial charge < -0.3 is 15.5 Å². The molecule has 1 aromatic rings. The number of para-hydroxylation sites is 1. The standard InChI is InChI=1S/C16H23NO3/c1-12-6-5-7-13(14(12)19)15(20)17-10-16(11-18)8-3-2-4-9-16/h5-7,18-19H,2-4,8-11H2,1H3,(H,17,20). The third-order valence-corrected chi connectivity index (χ3v) is 4.36. The molecule has 3 N–H and O–H groups in total. The van der Waals surface area contributed by atoms with E-state index in [0.29, 0.717) is 17.7 Å². The lowest BCUT2D eigenvalue weighted by molar-refractivity contribution is 0.0716. The van der Waals surface area contributed by atoms with Crippen molar-refractivity contribution in [1.82, 2.24) is 5.32 Å². The van der Waals surface area contributed by atoms with Crippen LogP contribution < -0.4 is 5.32 Å². The average Bonchev–Trinajstić information content (AvgIpc) is 2.48. The summed E-state index contributed by atoms with van der Waals surface area (Å²) in [6, 6.07) is 5.14. The van der Waals surface area contributed by atoms with Crippen LogP contribution in [0.5, 0.6) is 5.75 Å². The van der Waals surface area contributed by atoms with Crippen molar-refractivity contribution in [3.05, 3.63) is 29.3 Å². The fourth-order valence-corrected chi connectivity index (χ4v) is 2.90. The molecule has 1 aromatic carbocycles. The second kappa shape index (κ2) is 6.27. The Labute approximate surface area is 119 Å². The number of benzene rings is 1. The fourth-order valence-electron chi connectivity index (χ4n) is 2.90. The van der Waals surface area contributed by atoms with Crippen molar-refractivity contribution >= 4 is 5.91 Å². The van der Waals surface area contributed by atoms with E-state index in [-0.39, 0.29) is 23.7 Å². The van der Waals surface area contributed by atoms with Crippen molar-refractivity contribution in [3.8, 4) is 5.75 Å². The maximum absolute atomic E-state index is 12.2. The van der Waals surface area contributed by atoms with Crippen molar-refractivity contribution in [2.75, 3.05) is 13.2 Å². The Bertz CT molecular complexity index is 479. The smallest absolute Gasteiger partial charge is 0.255 e. The number of aromatic hydroxyl groups is 1. The lowest BCUT2D eigenvalue weighted by Gasteiger charge is -2.35. The molecule has 0 aliphatic heterocycles. The van der Waals surface area contributed by atoms with Crippen LogP contribution in [-0.4, -0.2) is 29.3 Å². The van der Waals surface area contributed by atoms with Gasteiger partial charge in [-0.3, -0.25) is 4.79 Å². The van der Waals surface area contributed by atoms with E-state index in [1.54, 1.807) is 25.1 Å². The van der Waals surface area contributed by atoms with Crippen LogP contribution in [0, 0.1) is 12.3 Å². The number of carbonyl (C=O) groups excluding carboxylic acids is 1. The summed E-state index contributed by atoms with van der Waals surface area (Å²) in [6.45, 7) is 2.34. The van der Waals surface area contributed by atoms with E-state index < -0.39 is 0 Å². The number of hydrogen-bond acceptors (Lipinski definition) is 3. The van der Waals surface area contributed by atoms with Gasteiger partial charge in [-0.2, -0.15) is 0 Å². The Kier molecular flexibility index (Phi) is 4.65. The molecule has 4 nitrogen and oxygen atoms in total. The van der Waals surface area contributed by atoms with Gasteiger partial charge in [0.2, 0.25) is 0 Å². The summed E-state index contributed by atoms with van der Waals surface area (Å²) in [5.41, 5.74) is 0.800. The molecule has 1 aliphatic rings. The minimum atomic E-state index is -0.274. The van der Waals surface area contributed by atoms with Gasteiger partial charge >= 0.3 is 0 Å². The lowest BCUT2D eigenvalue weighted by Crippen LogP contribution is -2.41. The van der Waals surface area contributed by atoms with Crippen LogP contribution in [0.4, 0.5) is 0 Å². The molecule has 0 spiro atoms. The van der Waals surface area contributed by atoms with E-state index in [2.05, 4.69) is 5.32 Å². The molecule has 1 amide bonds. The van der Waals surface area contributed by atoms with Gasteiger partial charge in [-0.15, -0.1) is 0 Å². The predicted molar refractivity (Wildman–Crippen MR) is 77.8 cm³/mol. The first kappa shape index (κ1) is 14.9. The van der Waals surface area contributed by atoms with E-state index in [1.807, 2.05) is 0 Å². The highest BCUT2D eigenvalue weighted by molar-refractivity contribution is 5.97. The fraction of sp³-hybridized carbons (Fsp3) is 0.562. The number of hydrogen-bond donors (Lipinski definition) is 3. The predicted octanol–water partition coefficient (Wildman–Crippen LogP) is 2.37. The molecule has 0 aromatic heterocycles. The van der Waals surface area contributed by atoms with Crippen molar-refractivity contribution < 1.29 is 15.0 Å².